The molecular weight excluding hydrogens is 344 g/mol. The monoisotopic (exact) mass is 376 g/mol. The quantitative estimate of drug-likeness (QED) is 0.200. The summed E-state index contributed by atoms with van der Waals surface area (Å²) in [4.78, 5) is 22.2. The molecule has 1 amide bonds. The first-order chi connectivity index (χ1) is 13.0. The molecule has 27 heavy (non-hydrogen) atoms. The van der Waals surface area contributed by atoms with Crippen molar-refractivity contribution in [1.29, 1.82) is 0 Å². The van der Waals surface area contributed by atoms with Crippen LogP contribution in [0, 0.1) is 16.0 Å². The first kappa shape index (κ1) is 22.7. The van der Waals surface area contributed by atoms with Crippen molar-refractivity contribution in [3.05, 3.63) is 52.6 Å². The van der Waals surface area contributed by atoms with Crippen LogP contribution in [-0.2, 0) is 4.74 Å². The fourth-order valence-electron chi connectivity index (χ4n) is 3.18. The second-order valence-corrected chi connectivity index (χ2v) is 6.77. The van der Waals surface area contributed by atoms with Crippen molar-refractivity contribution in [3.63, 3.8) is 0 Å². The normalized spacial score (nSPS) is 12.8. The van der Waals surface area contributed by atoms with Crippen LogP contribution in [0.25, 0.3) is 0 Å². The molecule has 0 spiro atoms. The maximum absolute atomic E-state index is 11.8. The number of ether oxygens (including phenoxy) is 1. The molecule has 0 aliphatic rings. The van der Waals surface area contributed by atoms with Gasteiger partial charge in [-0.25, -0.2) is 4.79 Å². The lowest BCUT2D eigenvalue weighted by molar-refractivity contribution is -0.384. The number of nitro groups is 1. The Labute approximate surface area is 162 Å². The fraction of sp³-hybridized carbons (Fsp3) is 0.571. The van der Waals surface area contributed by atoms with Gasteiger partial charge in [-0.3, -0.25) is 10.1 Å². The highest BCUT2D eigenvalue weighted by Gasteiger charge is 2.23. The van der Waals surface area contributed by atoms with Crippen molar-refractivity contribution in [3.8, 4) is 0 Å². The van der Waals surface area contributed by atoms with Crippen LogP contribution in [-0.4, -0.2) is 18.1 Å². The van der Waals surface area contributed by atoms with E-state index in [-0.39, 0.29) is 17.6 Å². The van der Waals surface area contributed by atoms with Gasteiger partial charge in [0.1, 0.15) is 0 Å². The summed E-state index contributed by atoms with van der Waals surface area (Å²) in [5, 5.41) is 13.7. The van der Waals surface area contributed by atoms with Crippen molar-refractivity contribution in [2.24, 2.45) is 5.92 Å². The highest BCUT2D eigenvalue weighted by atomic mass is 16.6. The Balaban J connectivity index is 2.73. The van der Waals surface area contributed by atoms with Crippen LogP contribution in [0.15, 0.2) is 36.9 Å². The number of nitro benzene ring substituents is 1. The first-order valence-electron chi connectivity index (χ1n) is 9.74. The van der Waals surface area contributed by atoms with E-state index in [1.807, 2.05) is 6.08 Å². The first-order valence-corrected chi connectivity index (χ1v) is 9.74. The largest absolute Gasteiger partial charge is 0.453 e. The number of hydrogen-bond acceptors (Lipinski definition) is 4. The molecule has 0 radical (unpaired) electrons. The number of alkyl carbamates (subject to hydrolysis) is 1. The Morgan fingerprint density at radius 2 is 1.78 bits per heavy atom. The molecule has 1 N–H and O–H groups in total. The number of unbranched alkanes of at least 4 members (excludes halogenated alkanes) is 6. The molecular formula is C21H32N2O4. The lowest BCUT2D eigenvalue weighted by atomic mass is 9.88. The predicted octanol–water partition coefficient (Wildman–Crippen LogP) is 5.93. The van der Waals surface area contributed by atoms with E-state index in [4.69, 9.17) is 4.74 Å². The molecule has 0 bridgehead atoms. The number of carbonyl (C=O) groups excluding carboxylic acids is 1. The lowest BCUT2D eigenvalue weighted by Crippen LogP contribution is -2.32. The summed E-state index contributed by atoms with van der Waals surface area (Å²) in [5.74, 6) is 0.0289. The number of benzene rings is 1. The van der Waals surface area contributed by atoms with Gasteiger partial charge >= 0.3 is 6.09 Å². The second kappa shape index (κ2) is 12.9. The van der Waals surface area contributed by atoms with Gasteiger partial charge in [-0.15, -0.1) is 6.58 Å². The molecule has 1 aromatic carbocycles. The summed E-state index contributed by atoms with van der Waals surface area (Å²) in [5.41, 5.74) is 0.830. The Hall–Kier alpha value is -2.37. The highest BCUT2D eigenvalue weighted by Crippen LogP contribution is 2.29. The van der Waals surface area contributed by atoms with Crippen molar-refractivity contribution in [2.45, 2.75) is 64.3 Å². The Kier molecular flexibility index (Phi) is 10.8. The average Bonchev–Trinajstić information content (AvgIpc) is 2.68. The zero-order valence-electron chi connectivity index (χ0n) is 16.5. The summed E-state index contributed by atoms with van der Waals surface area (Å²) < 4.78 is 4.75. The van der Waals surface area contributed by atoms with Crippen LogP contribution in [0.2, 0.25) is 0 Å². The number of methoxy groups -OCH3 is 1. The van der Waals surface area contributed by atoms with Crippen molar-refractivity contribution >= 4 is 11.8 Å². The van der Waals surface area contributed by atoms with Gasteiger partial charge in [-0.05, 0) is 12.0 Å². The van der Waals surface area contributed by atoms with Gasteiger partial charge in [0.2, 0.25) is 0 Å². The highest BCUT2D eigenvalue weighted by molar-refractivity contribution is 5.67. The molecule has 0 aromatic heterocycles. The molecule has 0 aliphatic heterocycles. The fourth-order valence-corrected chi connectivity index (χ4v) is 3.18. The van der Waals surface area contributed by atoms with Crippen molar-refractivity contribution in [2.75, 3.05) is 7.11 Å². The van der Waals surface area contributed by atoms with E-state index in [0.717, 1.165) is 24.8 Å². The van der Waals surface area contributed by atoms with Gasteiger partial charge in [-0.1, -0.05) is 70.1 Å². The van der Waals surface area contributed by atoms with E-state index < -0.39 is 11.0 Å². The molecule has 0 saturated carbocycles. The van der Waals surface area contributed by atoms with E-state index in [1.54, 1.807) is 12.1 Å². The standard InChI is InChI=1S/C21H32N2O4/c1-4-6-7-8-9-10-11-12-17(5-2)20(22-21(24)27-3)18-13-15-19(16-14-18)23(25)26/h5,13-17,20H,2,4,6-12H2,1,3H3,(H,22,24)/t17-,20-/m0/s1. The molecule has 0 saturated heterocycles. The van der Waals surface area contributed by atoms with Gasteiger partial charge < -0.3 is 10.1 Å². The predicted molar refractivity (Wildman–Crippen MR) is 108 cm³/mol. The zero-order chi connectivity index (χ0) is 20.1. The number of carbonyl (C=O) groups is 1. The minimum atomic E-state index is -0.523. The third-order valence-corrected chi connectivity index (χ3v) is 4.79. The van der Waals surface area contributed by atoms with Crippen molar-refractivity contribution in [1.82, 2.24) is 5.32 Å². The van der Waals surface area contributed by atoms with Gasteiger partial charge in [0.25, 0.3) is 5.69 Å². The maximum Gasteiger partial charge on any atom is 0.407 e. The summed E-state index contributed by atoms with van der Waals surface area (Å²) in [6, 6.07) is 5.94. The lowest BCUT2D eigenvalue weighted by Gasteiger charge is -2.25. The van der Waals surface area contributed by atoms with E-state index in [2.05, 4.69) is 18.8 Å². The molecule has 1 aromatic rings. The zero-order valence-corrected chi connectivity index (χ0v) is 16.5. The SMILES string of the molecule is C=C[C@@H](CCCCCCCCC)[C@H](NC(=O)OC)c1ccc([N+](=O)[O-])cc1. The van der Waals surface area contributed by atoms with Gasteiger partial charge in [-0.2, -0.15) is 0 Å². The third-order valence-electron chi connectivity index (χ3n) is 4.79. The van der Waals surface area contributed by atoms with Crippen LogP contribution in [0.1, 0.15) is 69.9 Å². The number of amides is 1. The van der Waals surface area contributed by atoms with Gasteiger partial charge in [0.15, 0.2) is 0 Å². The molecule has 150 valence electrons. The summed E-state index contributed by atoms with van der Waals surface area (Å²) in [7, 11) is 1.32. The smallest absolute Gasteiger partial charge is 0.407 e. The van der Waals surface area contributed by atoms with E-state index in [1.165, 1.54) is 51.3 Å². The van der Waals surface area contributed by atoms with E-state index in [9.17, 15) is 14.9 Å². The topological polar surface area (TPSA) is 81.5 Å². The van der Waals surface area contributed by atoms with Crippen LogP contribution in [0.3, 0.4) is 0 Å². The minimum absolute atomic E-state index is 0.0257. The number of nitrogens with one attached hydrogen (secondary N) is 1. The molecule has 6 nitrogen and oxygen atoms in total. The van der Waals surface area contributed by atoms with Crippen LogP contribution >= 0.6 is 0 Å². The Morgan fingerprint density at radius 3 is 2.30 bits per heavy atom. The number of nitrogens with zero attached hydrogens (tertiary/aromatic N) is 1. The molecule has 0 fully saturated rings. The minimum Gasteiger partial charge on any atom is -0.453 e. The summed E-state index contributed by atoms with van der Waals surface area (Å²) in [6.45, 7) is 6.14. The van der Waals surface area contributed by atoms with Crippen molar-refractivity contribution < 1.29 is 14.5 Å². The van der Waals surface area contributed by atoms with Crippen LogP contribution < -0.4 is 5.32 Å². The average molecular weight is 376 g/mol. The van der Waals surface area contributed by atoms with Gasteiger partial charge in [0.05, 0.1) is 18.1 Å². The van der Waals surface area contributed by atoms with E-state index in [0.29, 0.717) is 0 Å². The molecule has 6 heteroatoms. The maximum atomic E-state index is 11.8. The van der Waals surface area contributed by atoms with Gasteiger partial charge in [0, 0.05) is 18.1 Å². The number of rotatable bonds is 13. The summed E-state index contributed by atoms with van der Waals surface area (Å²) >= 11 is 0. The molecule has 0 heterocycles. The van der Waals surface area contributed by atoms with E-state index >= 15 is 0 Å². The van der Waals surface area contributed by atoms with Crippen LogP contribution in [0.4, 0.5) is 10.5 Å². The Bertz CT molecular complexity index is 586. The summed E-state index contributed by atoms with van der Waals surface area (Å²) in [6.07, 6.45) is 10.7. The third kappa shape index (κ3) is 8.24. The van der Waals surface area contributed by atoms with Crippen LogP contribution in [0.5, 0.6) is 0 Å². The molecule has 0 unspecified atom stereocenters. The number of hydrogen-bond donors (Lipinski definition) is 1. The molecule has 2 atom stereocenters. The Morgan fingerprint density at radius 1 is 1.19 bits per heavy atom. The molecule has 0 aliphatic carbocycles. The second-order valence-electron chi connectivity index (χ2n) is 6.77. The number of non-ortho nitro benzene ring substituents is 1. The molecule has 1 rings (SSSR count).